The molecule has 4 aromatic rings. The zero-order valence-corrected chi connectivity index (χ0v) is 17.3. The van der Waals surface area contributed by atoms with Gasteiger partial charge in [-0.25, -0.2) is 9.48 Å². The molecule has 7 heteroatoms. The van der Waals surface area contributed by atoms with Gasteiger partial charge in [0.1, 0.15) is 5.56 Å². The second kappa shape index (κ2) is 7.94. The summed E-state index contributed by atoms with van der Waals surface area (Å²) in [6.07, 6.45) is -0.692. The van der Waals surface area contributed by atoms with Gasteiger partial charge in [0.15, 0.2) is 6.10 Å². The number of carbonyl (C=O) groups excluding carboxylic acids is 1. The summed E-state index contributed by atoms with van der Waals surface area (Å²) >= 11 is 0. The molecule has 0 radical (unpaired) electrons. The average molecular weight is 402 g/mol. The van der Waals surface area contributed by atoms with Crippen molar-refractivity contribution in [3.63, 3.8) is 0 Å². The van der Waals surface area contributed by atoms with Crippen LogP contribution in [-0.4, -0.2) is 25.9 Å². The molecular weight excluding hydrogens is 380 g/mol. The lowest BCUT2D eigenvalue weighted by Gasteiger charge is -2.10. The van der Waals surface area contributed by atoms with Crippen LogP contribution in [0.2, 0.25) is 0 Å². The molecule has 0 saturated carbocycles. The first-order chi connectivity index (χ1) is 14.4. The van der Waals surface area contributed by atoms with Crippen LogP contribution in [0, 0.1) is 20.8 Å². The van der Waals surface area contributed by atoms with Gasteiger partial charge >= 0.3 is 5.97 Å². The van der Waals surface area contributed by atoms with Gasteiger partial charge in [0, 0.05) is 5.56 Å². The molecule has 0 bridgehead atoms. The van der Waals surface area contributed by atoms with Gasteiger partial charge in [-0.15, -0.1) is 10.2 Å². The maximum absolute atomic E-state index is 12.9. The van der Waals surface area contributed by atoms with Crippen molar-refractivity contribution in [2.24, 2.45) is 0 Å². The Balaban J connectivity index is 1.53. The zero-order valence-electron chi connectivity index (χ0n) is 17.3. The van der Waals surface area contributed by atoms with Crippen LogP contribution >= 0.6 is 0 Å². The van der Waals surface area contributed by atoms with Crippen LogP contribution in [0.1, 0.15) is 46.2 Å². The average Bonchev–Trinajstić information content (AvgIpc) is 3.34. The second-order valence-corrected chi connectivity index (χ2v) is 7.15. The highest BCUT2D eigenvalue weighted by atomic mass is 16.6. The van der Waals surface area contributed by atoms with E-state index >= 15 is 0 Å². The van der Waals surface area contributed by atoms with Crippen molar-refractivity contribution >= 4 is 5.97 Å². The molecule has 0 aliphatic heterocycles. The quantitative estimate of drug-likeness (QED) is 0.447. The van der Waals surface area contributed by atoms with Crippen molar-refractivity contribution in [1.29, 1.82) is 0 Å². The van der Waals surface area contributed by atoms with E-state index in [9.17, 15) is 4.79 Å². The lowest BCUT2D eigenvalue weighted by Crippen LogP contribution is -2.11. The van der Waals surface area contributed by atoms with Crippen molar-refractivity contribution in [3.05, 3.63) is 83.0 Å². The number of benzene rings is 2. The topological polar surface area (TPSA) is 83.0 Å². The van der Waals surface area contributed by atoms with Gasteiger partial charge in [-0.1, -0.05) is 35.9 Å². The van der Waals surface area contributed by atoms with E-state index in [4.69, 9.17) is 9.15 Å². The highest BCUT2D eigenvalue weighted by molar-refractivity contribution is 5.92. The molecule has 0 unspecified atom stereocenters. The fourth-order valence-electron chi connectivity index (χ4n) is 3.24. The summed E-state index contributed by atoms with van der Waals surface area (Å²) in [6, 6.07) is 17.4. The van der Waals surface area contributed by atoms with Crippen LogP contribution < -0.4 is 0 Å². The predicted octanol–water partition coefficient (Wildman–Crippen LogP) is 4.77. The summed E-state index contributed by atoms with van der Waals surface area (Å²) in [4.78, 5) is 12.9. The first kappa shape index (κ1) is 19.6. The molecule has 0 spiro atoms. The van der Waals surface area contributed by atoms with Gasteiger partial charge in [0.25, 0.3) is 5.89 Å². The maximum Gasteiger partial charge on any atom is 0.342 e. The number of ether oxygens (including phenoxy) is 1. The Labute approximate surface area is 174 Å². The SMILES string of the molecule is Cc1ccc(-c2nnc([C@@H](C)OC(=O)c3c(C)nn(-c4ccccc4)c3C)o2)cc1. The van der Waals surface area contributed by atoms with Crippen molar-refractivity contribution in [2.75, 3.05) is 0 Å². The predicted molar refractivity (Wildman–Crippen MR) is 111 cm³/mol. The fraction of sp³-hybridized carbons (Fsp3) is 0.217. The molecule has 0 amide bonds. The summed E-state index contributed by atoms with van der Waals surface area (Å²) < 4.78 is 13.1. The van der Waals surface area contributed by atoms with Gasteiger partial charge in [-0.3, -0.25) is 0 Å². The summed E-state index contributed by atoms with van der Waals surface area (Å²) in [7, 11) is 0. The van der Waals surface area contributed by atoms with E-state index in [2.05, 4.69) is 15.3 Å². The summed E-state index contributed by atoms with van der Waals surface area (Å²) in [5, 5.41) is 12.6. The molecule has 2 heterocycles. The van der Waals surface area contributed by atoms with E-state index in [-0.39, 0.29) is 5.89 Å². The monoisotopic (exact) mass is 402 g/mol. The molecule has 152 valence electrons. The minimum absolute atomic E-state index is 0.240. The number of nitrogens with zero attached hydrogens (tertiary/aromatic N) is 4. The van der Waals surface area contributed by atoms with E-state index in [1.54, 1.807) is 18.5 Å². The first-order valence-corrected chi connectivity index (χ1v) is 9.67. The van der Waals surface area contributed by atoms with E-state index in [0.29, 0.717) is 22.8 Å². The van der Waals surface area contributed by atoms with Crippen LogP contribution in [-0.2, 0) is 4.74 Å². The Bertz CT molecular complexity index is 1180. The molecule has 2 aromatic heterocycles. The number of aromatic nitrogens is 4. The van der Waals surface area contributed by atoms with Crippen molar-refractivity contribution in [3.8, 4) is 17.1 Å². The molecule has 0 fully saturated rings. The van der Waals surface area contributed by atoms with E-state index < -0.39 is 12.1 Å². The smallest absolute Gasteiger partial charge is 0.342 e. The van der Waals surface area contributed by atoms with Crippen LogP contribution in [0.5, 0.6) is 0 Å². The highest BCUT2D eigenvalue weighted by Crippen LogP contribution is 2.25. The van der Waals surface area contributed by atoms with E-state index in [0.717, 1.165) is 16.8 Å². The Kier molecular flexibility index (Phi) is 5.18. The van der Waals surface area contributed by atoms with Crippen LogP contribution in [0.15, 0.2) is 59.0 Å². The zero-order chi connectivity index (χ0) is 21.3. The molecule has 0 aliphatic carbocycles. The Hall–Kier alpha value is -3.74. The summed E-state index contributed by atoms with van der Waals surface area (Å²) in [6.45, 7) is 7.34. The Morgan fingerprint density at radius 2 is 1.70 bits per heavy atom. The van der Waals surface area contributed by atoms with Gasteiger partial charge in [0.05, 0.1) is 17.1 Å². The molecule has 7 nitrogen and oxygen atoms in total. The molecule has 4 rings (SSSR count). The third-order valence-electron chi connectivity index (χ3n) is 4.87. The van der Waals surface area contributed by atoms with Crippen LogP contribution in [0.25, 0.3) is 17.1 Å². The summed E-state index contributed by atoms with van der Waals surface area (Å²) in [5.74, 6) is 0.150. The van der Waals surface area contributed by atoms with Crippen LogP contribution in [0.3, 0.4) is 0 Å². The Morgan fingerprint density at radius 1 is 1.00 bits per heavy atom. The minimum Gasteiger partial charge on any atom is -0.449 e. The number of hydrogen-bond donors (Lipinski definition) is 0. The molecule has 1 atom stereocenters. The van der Waals surface area contributed by atoms with Crippen molar-refractivity contribution in [1.82, 2.24) is 20.0 Å². The molecule has 2 aromatic carbocycles. The van der Waals surface area contributed by atoms with Gasteiger partial charge in [-0.05, 0) is 52.0 Å². The van der Waals surface area contributed by atoms with E-state index in [1.165, 1.54) is 0 Å². The number of carbonyl (C=O) groups is 1. The molecular formula is C23H22N4O3. The second-order valence-electron chi connectivity index (χ2n) is 7.15. The lowest BCUT2D eigenvalue weighted by atomic mass is 10.1. The minimum atomic E-state index is -0.692. The third kappa shape index (κ3) is 3.74. The molecule has 0 saturated heterocycles. The first-order valence-electron chi connectivity index (χ1n) is 9.67. The Morgan fingerprint density at radius 3 is 2.40 bits per heavy atom. The number of aryl methyl sites for hydroxylation is 2. The number of rotatable bonds is 5. The molecule has 0 aliphatic rings. The van der Waals surface area contributed by atoms with Crippen molar-refractivity contribution in [2.45, 2.75) is 33.8 Å². The van der Waals surface area contributed by atoms with Gasteiger partial charge < -0.3 is 9.15 Å². The number of hydrogen-bond acceptors (Lipinski definition) is 6. The number of para-hydroxylation sites is 1. The van der Waals surface area contributed by atoms with E-state index in [1.807, 2.05) is 68.4 Å². The fourth-order valence-corrected chi connectivity index (χ4v) is 3.24. The molecule has 0 N–H and O–H groups in total. The third-order valence-corrected chi connectivity index (χ3v) is 4.87. The lowest BCUT2D eigenvalue weighted by molar-refractivity contribution is 0.0278. The van der Waals surface area contributed by atoms with Crippen LogP contribution in [0.4, 0.5) is 0 Å². The highest BCUT2D eigenvalue weighted by Gasteiger charge is 2.25. The van der Waals surface area contributed by atoms with Crippen molar-refractivity contribution < 1.29 is 13.9 Å². The van der Waals surface area contributed by atoms with Gasteiger partial charge in [-0.2, -0.15) is 5.10 Å². The standard InChI is InChI=1S/C23H22N4O3/c1-14-10-12-18(13-11-14)22-25-24-21(30-22)17(4)29-23(28)20-15(2)26-27(16(20)3)19-8-6-5-7-9-19/h5-13,17H,1-4H3/t17-/m1/s1. The normalized spacial score (nSPS) is 12.0. The summed E-state index contributed by atoms with van der Waals surface area (Å²) in [5.41, 5.74) is 4.58. The maximum atomic E-state index is 12.9. The molecule has 30 heavy (non-hydrogen) atoms. The number of esters is 1. The largest absolute Gasteiger partial charge is 0.449 e. The van der Waals surface area contributed by atoms with Gasteiger partial charge in [0.2, 0.25) is 5.89 Å².